The van der Waals surface area contributed by atoms with Gasteiger partial charge < -0.3 is 15.1 Å². The Balaban J connectivity index is 1.46. The van der Waals surface area contributed by atoms with E-state index in [1.807, 2.05) is 25.1 Å². The molecule has 0 atom stereocenters. The third-order valence-electron chi connectivity index (χ3n) is 5.64. The Morgan fingerprint density at radius 3 is 2.58 bits per heavy atom. The molecule has 31 heavy (non-hydrogen) atoms. The van der Waals surface area contributed by atoms with E-state index < -0.39 is 0 Å². The third kappa shape index (κ3) is 5.27. The number of hydrogen-bond acceptors (Lipinski definition) is 7. The lowest BCUT2D eigenvalue weighted by atomic mass is 10.1. The standard InChI is InChI=1S/C23H29N7O/c1-3-29-11-13-30(14-12-29)23-25-16-19(17(2)26-23)20-15-21(31)28-22(27-20)24-10-9-18-7-5-4-6-8-18/h4-8,15-16H,3,9-14H2,1-2H3,(H2,24,27,28,31). The lowest BCUT2D eigenvalue weighted by Crippen LogP contribution is -2.46. The van der Waals surface area contributed by atoms with Crippen molar-refractivity contribution in [2.24, 2.45) is 0 Å². The van der Waals surface area contributed by atoms with Crippen LogP contribution in [-0.2, 0) is 6.42 Å². The summed E-state index contributed by atoms with van der Waals surface area (Å²) in [6.07, 6.45) is 2.62. The molecule has 1 aliphatic rings. The van der Waals surface area contributed by atoms with Crippen LogP contribution in [0, 0.1) is 6.92 Å². The SMILES string of the molecule is CCN1CCN(c2ncc(-c3cc(=O)[nH]c(NCCc4ccccc4)n3)c(C)n2)CC1. The van der Waals surface area contributed by atoms with E-state index >= 15 is 0 Å². The lowest BCUT2D eigenvalue weighted by molar-refractivity contribution is 0.270. The molecular formula is C23H29N7O. The van der Waals surface area contributed by atoms with Crippen LogP contribution in [0.4, 0.5) is 11.9 Å². The predicted molar refractivity (Wildman–Crippen MR) is 124 cm³/mol. The fraction of sp³-hybridized carbons (Fsp3) is 0.391. The van der Waals surface area contributed by atoms with Crippen molar-refractivity contribution in [2.75, 3.05) is 49.5 Å². The smallest absolute Gasteiger partial charge is 0.252 e. The van der Waals surface area contributed by atoms with Crippen LogP contribution in [0.5, 0.6) is 0 Å². The molecule has 3 heterocycles. The Hall–Kier alpha value is -3.26. The number of aromatic nitrogens is 4. The molecule has 1 aromatic carbocycles. The number of benzene rings is 1. The first-order valence-corrected chi connectivity index (χ1v) is 10.8. The van der Waals surface area contributed by atoms with Gasteiger partial charge in [-0.2, -0.15) is 0 Å². The summed E-state index contributed by atoms with van der Waals surface area (Å²) in [7, 11) is 0. The van der Waals surface area contributed by atoms with Crippen LogP contribution in [0.25, 0.3) is 11.3 Å². The molecule has 0 unspecified atom stereocenters. The summed E-state index contributed by atoms with van der Waals surface area (Å²) < 4.78 is 0. The van der Waals surface area contributed by atoms with Crippen molar-refractivity contribution in [3.05, 3.63) is 64.2 Å². The fourth-order valence-corrected chi connectivity index (χ4v) is 3.77. The molecule has 0 saturated carbocycles. The summed E-state index contributed by atoms with van der Waals surface area (Å²) in [6, 6.07) is 11.7. The second-order valence-electron chi connectivity index (χ2n) is 7.73. The normalized spacial score (nSPS) is 14.6. The molecule has 3 aromatic rings. The number of H-pyrrole nitrogens is 1. The van der Waals surface area contributed by atoms with Gasteiger partial charge in [0.1, 0.15) is 0 Å². The third-order valence-corrected chi connectivity index (χ3v) is 5.64. The molecule has 1 saturated heterocycles. The van der Waals surface area contributed by atoms with E-state index in [9.17, 15) is 4.79 Å². The van der Waals surface area contributed by atoms with Crippen LogP contribution in [-0.4, -0.2) is 64.1 Å². The fourth-order valence-electron chi connectivity index (χ4n) is 3.77. The van der Waals surface area contributed by atoms with Gasteiger partial charge in [0.2, 0.25) is 11.9 Å². The number of aromatic amines is 1. The van der Waals surface area contributed by atoms with E-state index in [1.54, 1.807) is 6.20 Å². The van der Waals surface area contributed by atoms with E-state index in [1.165, 1.54) is 11.6 Å². The van der Waals surface area contributed by atoms with Gasteiger partial charge in [-0.15, -0.1) is 0 Å². The van der Waals surface area contributed by atoms with E-state index in [2.05, 4.69) is 49.1 Å². The molecule has 0 spiro atoms. The van der Waals surface area contributed by atoms with Gasteiger partial charge >= 0.3 is 0 Å². The van der Waals surface area contributed by atoms with Crippen molar-refractivity contribution >= 4 is 11.9 Å². The molecule has 2 aromatic heterocycles. The zero-order valence-corrected chi connectivity index (χ0v) is 18.1. The van der Waals surface area contributed by atoms with Crippen molar-refractivity contribution in [3.8, 4) is 11.3 Å². The van der Waals surface area contributed by atoms with Gasteiger partial charge in [0.05, 0.1) is 11.4 Å². The number of anilines is 2. The summed E-state index contributed by atoms with van der Waals surface area (Å²) in [6.45, 7) is 9.76. The molecule has 0 radical (unpaired) electrons. The van der Waals surface area contributed by atoms with Gasteiger partial charge in [-0.25, -0.2) is 15.0 Å². The highest BCUT2D eigenvalue weighted by atomic mass is 16.1. The molecule has 1 fully saturated rings. The van der Waals surface area contributed by atoms with E-state index in [0.29, 0.717) is 18.2 Å². The molecule has 162 valence electrons. The van der Waals surface area contributed by atoms with Gasteiger partial charge in [0.25, 0.3) is 5.56 Å². The minimum Gasteiger partial charge on any atom is -0.355 e. The van der Waals surface area contributed by atoms with Gasteiger partial charge in [-0.1, -0.05) is 37.3 Å². The first-order chi connectivity index (χ1) is 15.1. The summed E-state index contributed by atoms with van der Waals surface area (Å²) >= 11 is 0. The molecule has 1 aliphatic heterocycles. The van der Waals surface area contributed by atoms with Crippen LogP contribution in [0.15, 0.2) is 47.4 Å². The highest BCUT2D eigenvalue weighted by molar-refractivity contribution is 5.62. The summed E-state index contributed by atoms with van der Waals surface area (Å²) in [4.78, 5) is 33.5. The average Bonchev–Trinajstić information content (AvgIpc) is 2.79. The summed E-state index contributed by atoms with van der Waals surface area (Å²) in [5, 5.41) is 3.22. The number of piperazine rings is 1. The maximum absolute atomic E-state index is 12.2. The number of nitrogens with one attached hydrogen (secondary N) is 2. The Morgan fingerprint density at radius 1 is 1.10 bits per heavy atom. The van der Waals surface area contributed by atoms with Crippen LogP contribution in [0.3, 0.4) is 0 Å². The van der Waals surface area contributed by atoms with Crippen LogP contribution < -0.4 is 15.8 Å². The van der Waals surface area contributed by atoms with Crippen molar-refractivity contribution in [1.29, 1.82) is 0 Å². The Kier molecular flexibility index (Phi) is 6.57. The van der Waals surface area contributed by atoms with E-state index in [0.717, 1.165) is 56.4 Å². The van der Waals surface area contributed by atoms with Crippen LogP contribution in [0.2, 0.25) is 0 Å². The summed E-state index contributed by atoms with van der Waals surface area (Å²) in [5.74, 6) is 1.20. The molecule has 2 N–H and O–H groups in total. The highest BCUT2D eigenvalue weighted by Gasteiger charge is 2.19. The topological polar surface area (TPSA) is 90.0 Å². The quantitative estimate of drug-likeness (QED) is 0.607. The van der Waals surface area contributed by atoms with E-state index in [4.69, 9.17) is 4.98 Å². The van der Waals surface area contributed by atoms with Crippen molar-refractivity contribution in [2.45, 2.75) is 20.3 Å². The van der Waals surface area contributed by atoms with Crippen molar-refractivity contribution in [3.63, 3.8) is 0 Å². The first-order valence-electron chi connectivity index (χ1n) is 10.8. The monoisotopic (exact) mass is 419 g/mol. The molecule has 0 amide bonds. The van der Waals surface area contributed by atoms with Gasteiger partial charge in [-0.05, 0) is 25.5 Å². The molecule has 4 rings (SSSR count). The number of likely N-dealkylation sites (N-methyl/N-ethyl adjacent to an activating group) is 1. The second-order valence-corrected chi connectivity index (χ2v) is 7.73. The molecular weight excluding hydrogens is 390 g/mol. The number of nitrogens with zero attached hydrogens (tertiary/aromatic N) is 5. The minimum absolute atomic E-state index is 0.202. The highest BCUT2D eigenvalue weighted by Crippen LogP contribution is 2.21. The average molecular weight is 420 g/mol. The number of aryl methyl sites for hydroxylation is 1. The zero-order valence-electron chi connectivity index (χ0n) is 18.1. The Bertz CT molecular complexity index is 1060. The van der Waals surface area contributed by atoms with Crippen molar-refractivity contribution in [1.82, 2.24) is 24.8 Å². The molecule has 0 bridgehead atoms. The first kappa shape index (κ1) is 21.0. The second kappa shape index (κ2) is 9.70. The van der Waals surface area contributed by atoms with E-state index in [-0.39, 0.29) is 5.56 Å². The molecule has 8 heteroatoms. The Morgan fingerprint density at radius 2 is 1.87 bits per heavy atom. The number of rotatable bonds is 7. The zero-order chi connectivity index (χ0) is 21.6. The summed E-state index contributed by atoms with van der Waals surface area (Å²) in [5.41, 5.74) is 3.19. The Labute approximate surface area is 182 Å². The predicted octanol–water partition coefficient (Wildman–Crippen LogP) is 2.33. The molecule has 0 aliphatic carbocycles. The lowest BCUT2D eigenvalue weighted by Gasteiger charge is -2.34. The maximum atomic E-state index is 12.2. The van der Waals surface area contributed by atoms with Gasteiger partial charge in [0, 0.05) is 50.6 Å². The number of hydrogen-bond donors (Lipinski definition) is 2. The molecule has 8 nitrogen and oxygen atoms in total. The van der Waals surface area contributed by atoms with Gasteiger partial charge in [0.15, 0.2) is 0 Å². The van der Waals surface area contributed by atoms with Crippen LogP contribution >= 0.6 is 0 Å². The largest absolute Gasteiger partial charge is 0.355 e. The van der Waals surface area contributed by atoms with Crippen molar-refractivity contribution < 1.29 is 0 Å². The van der Waals surface area contributed by atoms with Crippen LogP contribution in [0.1, 0.15) is 18.2 Å². The minimum atomic E-state index is -0.202. The van der Waals surface area contributed by atoms with Gasteiger partial charge in [-0.3, -0.25) is 9.78 Å². The maximum Gasteiger partial charge on any atom is 0.252 e.